The SMILES string of the molecule is CCOC(=O)C1=C(c2ccccc2)N=c2s/c(=C\c3cc(Br)c(OC)cc3OC)c(=O)n2[C@@H]1c1ccc(F)cc1. The second kappa shape index (κ2) is 11.6. The third-order valence-corrected chi connectivity index (χ3v) is 7.95. The lowest BCUT2D eigenvalue weighted by Crippen LogP contribution is -2.40. The number of benzene rings is 3. The molecule has 0 unspecified atom stereocenters. The van der Waals surface area contributed by atoms with Gasteiger partial charge in [-0.05, 0) is 52.7 Å². The van der Waals surface area contributed by atoms with Gasteiger partial charge in [0.15, 0.2) is 4.80 Å². The van der Waals surface area contributed by atoms with Crippen LogP contribution in [0.4, 0.5) is 4.39 Å². The average molecular weight is 624 g/mol. The maximum Gasteiger partial charge on any atom is 0.338 e. The Morgan fingerprint density at radius 1 is 1.07 bits per heavy atom. The summed E-state index contributed by atoms with van der Waals surface area (Å²) >= 11 is 4.67. The van der Waals surface area contributed by atoms with Crippen LogP contribution in [0.1, 0.15) is 29.7 Å². The van der Waals surface area contributed by atoms with Crippen LogP contribution in [0.2, 0.25) is 0 Å². The number of carbonyl (C=O) groups excluding carboxylic acids is 1. The van der Waals surface area contributed by atoms with Gasteiger partial charge in [0.2, 0.25) is 0 Å². The van der Waals surface area contributed by atoms with Gasteiger partial charge in [-0.25, -0.2) is 14.2 Å². The highest BCUT2D eigenvalue weighted by Gasteiger charge is 2.35. The van der Waals surface area contributed by atoms with E-state index in [1.54, 1.807) is 44.4 Å². The van der Waals surface area contributed by atoms with Gasteiger partial charge in [0.05, 0.1) is 47.1 Å². The van der Waals surface area contributed by atoms with Crippen LogP contribution < -0.4 is 24.4 Å². The van der Waals surface area contributed by atoms with Crippen molar-refractivity contribution in [2.24, 2.45) is 4.99 Å². The molecule has 0 radical (unpaired) electrons. The van der Waals surface area contributed by atoms with E-state index in [1.807, 2.05) is 30.3 Å². The molecule has 0 saturated heterocycles. The summed E-state index contributed by atoms with van der Waals surface area (Å²) in [6, 6.07) is 17.6. The van der Waals surface area contributed by atoms with E-state index in [0.717, 1.165) is 0 Å². The number of thiazole rings is 1. The summed E-state index contributed by atoms with van der Waals surface area (Å²) in [5.74, 6) is 0.0595. The molecule has 1 aromatic heterocycles. The van der Waals surface area contributed by atoms with Gasteiger partial charge in [0.1, 0.15) is 17.3 Å². The number of nitrogens with zero attached hydrogens (tertiary/aromatic N) is 2. The van der Waals surface area contributed by atoms with Crippen LogP contribution in [0.25, 0.3) is 11.8 Å². The smallest absolute Gasteiger partial charge is 0.338 e. The van der Waals surface area contributed by atoms with Crippen LogP contribution in [0.15, 0.2) is 86.6 Å². The lowest BCUT2D eigenvalue weighted by molar-refractivity contribution is -0.138. The van der Waals surface area contributed by atoms with Crippen molar-refractivity contribution in [3.05, 3.63) is 119 Å². The minimum Gasteiger partial charge on any atom is -0.496 e. The molecule has 0 aliphatic carbocycles. The van der Waals surface area contributed by atoms with Gasteiger partial charge in [0.25, 0.3) is 5.56 Å². The molecule has 0 amide bonds. The summed E-state index contributed by atoms with van der Waals surface area (Å²) in [5, 5.41) is 0. The van der Waals surface area contributed by atoms with E-state index in [0.29, 0.717) is 47.7 Å². The van der Waals surface area contributed by atoms with Crippen molar-refractivity contribution in [1.82, 2.24) is 4.57 Å². The van der Waals surface area contributed by atoms with Gasteiger partial charge >= 0.3 is 5.97 Å². The second-order valence-corrected chi connectivity index (χ2v) is 10.6. The number of halogens is 2. The lowest BCUT2D eigenvalue weighted by Gasteiger charge is -2.25. The first-order chi connectivity index (χ1) is 19.4. The predicted molar refractivity (Wildman–Crippen MR) is 155 cm³/mol. The lowest BCUT2D eigenvalue weighted by atomic mass is 9.93. The number of fused-ring (bicyclic) bond motifs is 1. The summed E-state index contributed by atoms with van der Waals surface area (Å²) in [4.78, 5) is 32.7. The third-order valence-electron chi connectivity index (χ3n) is 6.35. The van der Waals surface area contributed by atoms with Crippen LogP contribution in [0, 0.1) is 5.82 Å². The summed E-state index contributed by atoms with van der Waals surface area (Å²) < 4.78 is 32.8. The highest BCUT2D eigenvalue weighted by atomic mass is 79.9. The number of hydrogen-bond acceptors (Lipinski definition) is 7. The summed E-state index contributed by atoms with van der Waals surface area (Å²) in [6.45, 7) is 1.85. The van der Waals surface area contributed by atoms with E-state index < -0.39 is 17.8 Å². The number of carbonyl (C=O) groups is 1. The fourth-order valence-corrected chi connectivity index (χ4v) is 6.05. The van der Waals surface area contributed by atoms with Crippen LogP contribution in [0.3, 0.4) is 0 Å². The van der Waals surface area contributed by atoms with Crippen molar-refractivity contribution in [3.8, 4) is 11.5 Å². The fourth-order valence-electron chi connectivity index (χ4n) is 4.54. The molecule has 40 heavy (non-hydrogen) atoms. The van der Waals surface area contributed by atoms with E-state index in [9.17, 15) is 14.0 Å². The standard InChI is InChI=1S/C30H24BrFN2O5S/c1-4-39-29(36)25-26(17-8-6-5-7-9-17)33-30-34(27(25)18-10-12-20(32)13-11-18)28(35)24(40-30)15-19-14-21(31)23(38-3)16-22(19)37-2/h5-16,27H,4H2,1-3H3/b24-15-/t27-/m1/s1. The second-order valence-electron chi connectivity index (χ2n) is 8.71. The van der Waals surface area contributed by atoms with Gasteiger partial charge in [-0.2, -0.15) is 0 Å². The van der Waals surface area contributed by atoms with Crippen molar-refractivity contribution in [2.75, 3.05) is 20.8 Å². The highest BCUT2D eigenvalue weighted by Crippen LogP contribution is 2.36. The first kappa shape index (κ1) is 27.5. The topological polar surface area (TPSA) is 79.1 Å². The first-order valence-electron chi connectivity index (χ1n) is 12.3. The van der Waals surface area contributed by atoms with Gasteiger partial charge < -0.3 is 14.2 Å². The van der Waals surface area contributed by atoms with E-state index in [4.69, 9.17) is 19.2 Å². The average Bonchev–Trinajstić information content (AvgIpc) is 3.27. The molecule has 7 nitrogen and oxygen atoms in total. The molecule has 1 aliphatic rings. The minimum absolute atomic E-state index is 0.136. The van der Waals surface area contributed by atoms with Crippen molar-refractivity contribution < 1.29 is 23.4 Å². The molecule has 204 valence electrons. The molecule has 1 aliphatic heterocycles. The number of ether oxygens (including phenoxy) is 3. The molecule has 3 aromatic carbocycles. The number of rotatable bonds is 7. The quantitative estimate of drug-likeness (QED) is 0.275. The van der Waals surface area contributed by atoms with Crippen LogP contribution in [0.5, 0.6) is 11.5 Å². The summed E-state index contributed by atoms with van der Waals surface area (Å²) in [5.41, 5.74) is 2.11. The normalized spacial score (nSPS) is 14.9. The Hall–Kier alpha value is -4.02. The molecule has 5 rings (SSSR count). The largest absolute Gasteiger partial charge is 0.496 e. The number of esters is 1. The van der Waals surface area contributed by atoms with E-state index in [-0.39, 0.29) is 17.7 Å². The minimum atomic E-state index is -0.891. The molecular formula is C30H24BrFN2O5S. The van der Waals surface area contributed by atoms with Crippen molar-refractivity contribution in [1.29, 1.82) is 0 Å². The molecule has 2 heterocycles. The number of hydrogen-bond donors (Lipinski definition) is 0. The monoisotopic (exact) mass is 622 g/mol. The maximum atomic E-state index is 14.0. The third kappa shape index (κ3) is 5.12. The first-order valence-corrected chi connectivity index (χ1v) is 13.9. The molecule has 0 N–H and O–H groups in total. The van der Waals surface area contributed by atoms with Gasteiger partial charge in [-0.3, -0.25) is 9.36 Å². The molecule has 0 spiro atoms. The van der Waals surface area contributed by atoms with Crippen LogP contribution in [-0.2, 0) is 9.53 Å². The van der Waals surface area contributed by atoms with Crippen molar-refractivity contribution >= 4 is 45.0 Å². The Labute approximate surface area is 241 Å². The molecule has 0 fully saturated rings. The molecule has 10 heteroatoms. The van der Waals surface area contributed by atoms with Crippen molar-refractivity contribution in [2.45, 2.75) is 13.0 Å². The van der Waals surface area contributed by atoms with E-state index >= 15 is 0 Å². The highest BCUT2D eigenvalue weighted by molar-refractivity contribution is 9.10. The Morgan fingerprint density at radius 2 is 1.77 bits per heavy atom. The number of methoxy groups -OCH3 is 2. The fraction of sp³-hybridized carbons (Fsp3) is 0.167. The molecule has 0 saturated carbocycles. The van der Waals surface area contributed by atoms with Gasteiger partial charge in [0, 0.05) is 17.2 Å². The maximum absolute atomic E-state index is 14.0. The Balaban J connectivity index is 1.82. The zero-order chi connectivity index (χ0) is 28.4. The summed E-state index contributed by atoms with van der Waals surface area (Å²) in [6.07, 6.45) is 1.71. The summed E-state index contributed by atoms with van der Waals surface area (Å²) in [7, 11) is 3.09. The number of aromatic nitrogens is 1. The Kier molecular flexibility index (Phi) is 7.99. The van der Waals surface area contributed by atoms with Gasteiger partial charge in [-0.1, -0.05) is 53.8 Å². The van der Waals surface area contributed by atoms with Crippen molar-refractivity contribution in [3.63, 3.8) is 0 Å². The zero-order valence-electron chi connectivity index (χ0n) is 21.8. The molecule has 4 aromatic rings. The van der Waals surface area contributed by atoms with E-state index in [2.05, 4.69) is 15.9 Å². The van der Waals surface area contributed by atoms with Gasteiger partial charge in [-0.15, -0.1) is 0 Å². The zero-order valence-corrected chi connectivity index (χ0v) is 24.2. The Morgan fingerprint density at radius 3 is 2.42 bits per heavy atom. The van der Waals surface area contributed by atoms with E-state index in [1.165, 1.54) is 35.1 Å². The molecular weight excluding hydrogens is 599 g/mol. The molecule has 1 atom stereocenters. The Bertz CT molecular complexity index is 1800. The molecule has 0 bridgehead atoms. The van der Waals surface area contributed by atoms with Crippen LogP contribution in [-0.4, -0.2) is 31.4 Å². The predicted octanol–water partition coefficient (Wildman–Crippen LogP) is 4.85. The van der Waals surface area contributed by atoms with Crippen LogP contribution >= 0.6 is 27.3 Å².